The lowest BCUT2D eigenvalue weighted by Crippen LogP contribution is -2.39. The maximum Gasteiger partial charge on any atom is 0.253 e. The Hall–Kier alpha value is -1.88. The monoisotopic (exact) mass is 289 g/mol. The Morgan fingerprint density at radius 1 is 1.33 bits per heavy atom. The number of para-hydroxylation sites is 1. The second kappa shape index (κ2) is 7.22. The zero-order valence-corrected chi connectivity index (χ0v) is 12.6. The number of hydrogen-bond donors (Lipinski definition) is 3. The minimum atomic E-state index is -0.184. The van der Waals surface area contributed by atoms with Crippen LogP contribution in [0.3, 0.4) is 0 Å². The minimum absolute atomic E-state index is 0.0734. The maximum absolute atomic E-state index is 12.3. The van der Waals surface area contributed by atoms with Gasteiger partial charge in [-0.1, -0.05) is 26.0 Å². The third-order valence-electron chi connectivity index (χ3n) is 3.78. The van der Waals surface area contributed by atoms with Gasteiger partial charge in [0.25, 0.3) is 5.91 Å². The van der Waals surface area contributed by atoms with Gasteiger partial charge in [-0.2, -0.15) is 0 Å². The van der Waals surface area contributed by atoms with Crippen LogP contribution in [-0.2, 0) is 4.79 Å². The van der Waals surface area contributed by atoms with Gasteiger partial charge in [0, 0.05) is 6.54 Å². The zero-order valence-electron chi connectivity index (χ0n) is 12.6. The van der Waals surface area contributed by atoms with E-state index in [1.165, 1.54) is 0 Å². The number of nitrogens with one attached hydrogen (secondary N) is 3. The first-order chi connectivity index (χ1) is 10.1. The van der Waals surface area contributed by atoms with Crippen LogP contribution in [0, 0.1) is 5.92 Å². The molecule has 1 fully saturated rings. The molecule has 5 heteroatoms. The van der Waals surface area contributed by atoms with Crippen molar-refractivity contribution >= 4 is 17.5 Å². The summed E-state index contributed by atoms with van der Waals surface area (Å²) in [6.07, 6.45) is 1.88. The van der Waals surface area contributed by atoms with Crippen LogP contribution >= 0.6 is 0 Å². The van der Waals surface area contributed by atoms with Gasteiger partial charge >= 0.3 is 0 Å². The van der Waals surface area contributed by atoms with E-state index < -0.39 is 0 Å². The first-order valence-electron chi connectivity index (χ1n) is 7.55. The smallest absolute Gasteiger partial charge is 0.253 e. The van der Waals surface area contributed by atoms with E-state index in [4.69, 9.17) is 0 Å². The van der Waals surface area contributed by atoms with Crippen LogP contribution in [0.4, 0.5) is 5.69 Å². The van der Waals surface area contributed by atoms with E-state index in [0.29, 0.717) is 23.7 Å². The normalized spacial score (nSPS) is 21.0. The quantitative estimate of drug-likeness (QED) is 0.773. The molecule has 2 atom stereocenters. The molecule has 114 valence electrons. The molecule has 0 aliphatic carbocycles. The van der Waals surface area contributed by atoms with Crippen LogP contribution in [0.2, 0.25) is 0 Å². The van der Waals surface area contributed by atoms with E-state index in [0.717, 1.165) is 19.4 Å². The largest absolute Gasteiger partial charge is 0.352 e. The van der Waals surface area contributed by atoms with Crippen molar-refractivity contribution in [2.45, 2.75) is 32.7 Å². The molecule has 0 radical (unpaired) electrons. The molecular formula is C16H23N3O2. The number of anilines is 1. The van der Waals surface area contributed by atoms with Crippen LogP contribution < -0.4 is 16.0 Å². The van der Waals surface area contributed by atoms with Gasteiger partial charge in [0.05, 0.1) is 17.3 Å². The third-order valence-corrected chi connectivity index (χ3v) is 3.78. The van der Waals surface area contributed by atoms with Crippen molar-refractivity contribution in [2.75, 3.05) is 18.4 Å². The summed E-state index contributed by atoms with van der Waals surface area (Å²) < 4.78 is 0. The molecular weight excluding hydrogens is 266 g/mol. The summed E-state index contributed by atoms with van der Waals surface area (Å²) >= 11 is 0. The van der Waals surface area contributed by atoms with Crippen LogP contribution in [0.15, 0.2) is 24.3 Å². The Labute approximate surface area is 125 Å². The lowest BCUT2D eigenvalue weighted by atomic mass is 10.0. The van der Waals surface area contributed by atoms with Crippen molar-refractivity contribution in [3.63, 3.8) is 0 Å². The summed E-state index contributed by atoms with van der Waals surface area (Å²) in [5, 5.41) is 8.91. The summed E-state index contributed by atoms with van der Waals surface area (Å²) in [5.41, 5.74) is 1.07. The molecule has 3 N–H and O–H groups in total. The average Bonchev–Trinajstić information content (AvgIpc) is 2.91. The van der Waals surface area contributed by atoms with Gasteiger partial charge in [-0.25, -0.2) is 0 Å². The number of carbonyl (C=O) groups is 2. The van der Waals surface area contributed by atoms with Gasteiger partial charge < -0.3 is 16.0 Å². The molecule has 0 aromatic heterocycles. The molecule has 21 heavy (non-hydrogen) atoms. The first kappa shape index (κ1) is 15.5. The number of benzene rings is 1. The highest BCUT2D eigenvalue weighted by Crippen LogP contribution is 2.19. The molecule has 1 aliphatic rings. The fraction of sp³-hybridized carbons (Fsp3) is 0.500. The molecule has 0 saturated carbocycles. The van der Waals surface area contributed by atoms with E-state index >= 15 is 0 Å². The molecule has 0 bridgehead atoms. The van der Waals surface area contributed by atoms with E-state index in [1.807, 2.05) is 13.0 Å². The number of hydrogen-bond acceptors (Lipinski definition) is 3. The Balaban J connectivity index is 2.09. The standard InChI is InChI=1S/C16H23N3O2/c1-3-9-18-15(20)12-6-4-5-7-13(12)19-16(21)14-11(2)8-10-17-14/h4-7,11,14,17H,3,8-10H2,1-2H3,(H,18,20)(H,19,21). The molecule has 2 rings (SSSR count). The molecule has 1 aromatic carbocycles. The number of rotatable bonds is 5. The van der Waals surface area contributed by atoms with Crippen molar-refractivity contribution < 1.29 is 9.59 Å². The lowest BCUT2D eigenvalue weighted by molar-refractivity contribution is -0.118. The first-order valence-corrected chi connectivity index (χ1v) is 7.55. The van der Waals surface area contributed by atoms with E-state index in [9.17, 15) is 9.59 Å². The summed E-state index contributed by atoms with van der Waals surface area (Å²) in [5.74, 6) is 0.0852. The van der Waals surface area contributed by atoms with E-state index in [2.05, 4.69) is 22.9 Å². The van der Waals surface area contributed by atoms with Crippen molar-refractivity contribution in [3.05, 3.63) is 29.8 Å². The summed E-state index contributed by atoms with van der Waals surface area (Å²) in [6, 6.07) is 6.92. The van der Waals surface area contributed by atoms with Gasteiger partial charge in [0.1, 0.15) is 0 Å². The number of carbonyl (C=O) groups excluding carboxylic acids is 2. The van der Waals surface area contributed by atoms with Gasteiger partial charge in [0.15, 0.2) is 0 Å². The Morgan fingerprint density at radius 3 is 2.76 bits per heavy atom. The highest BCUT2D eigenvalue weighted by Gasteiger charge is 2.29. The van der Waals surface area contributed by atoms with E-state index in [-0.39, 0.29) is 17.9 Å². The summed E-state index contributed by atoms with van der Waals surface area (Å²) in [6.45, 7) is 5.55. The molecule has 1 saturated heterocycles. The minimum Gasteiger partial charge on any atom is -0.352 e. The van der Waals surface area contributed by atoms with Crippen molar-refractivity contribution in [2.24, 2.45) is 5.92 Å². The zero-order chi connectivity index (χ0) is 15.2. The van der Waals surface area contributed by atoms with Crippen molar-refractivity contribution in [1.29, 1.82) is 0 Å². The average molecular weight is 289 g/mol. The molecule has 5 nitrogen and oxygen atoms in total. The van der Waals surface area contributed by atoms with Gasteiger partial charge in [-0.15, -0.1) is 0 Å². The predicted octanol–water partition coefficient (Wildman–Crippen LogP) is 1.76. The number of amides is 2. The molecule has 2 amide bonds. The third kappa shape index (κ3) is 3.82. The maximum atomic E-state index is 12.3. The highest BCUT2D eigenvalue weighted by atomic mass is 16.2. The van der Waals surface area contributed by atoms with Gasteiger partial charge in [0.2, 0.25) is 5.91 Å². The molecule has 2 unspecified atom stereocenters. The topological polar surface area (TPSA) is 70.2 Å². The molecule has 0 spiro atoms. The van der Waals surface area contributed by atoms with E-state index in [1.54, 1.807) is 18.2 Å². The van der Waals surface area contributed by atoms with Crippen molar-refractivity contribution in [1.82, 2.24) is 10.6 Å². The Kier molecular flexibility index (Phi) is 5.33. The summed E-state index contributed by atoms with van der Waals surface area (Å²) in [4.78, 5) is 24.4. The molecule has 1 aromatic rings. The Morgan fingerprint density at radius 2 is 2.10 bits per heavy atom. The second-order valence-electron chi connectivity index (χ2n) is 5.49. The SMILES string of the molecule is CCCNC(=O)c1ccccc1NC(=O)C1NCCC1C. The van der Waals surface area contributed by atoms with Crippen LogP contribution in [-0.4, -0.2) is 30.9 Å². The van der Waals surface area contributed by atoms with Gasteiger partial charge in [-0.3, -0.25) is 9.59 Å². The van der Waals surface area contributed by atoms with Gasteiger partial charge in [-0.05, 0) is 37.4 Å². The van der Waals surface area contributed by atoms with Crippen LogP contribution in [0.5, 0.6) is 0 Å². The summed E-state index contributed by atoms with van der Waals surface area (Å²) in [7, 11) is 0. The van der Waals surface area contributed by atoms with Crippen LogP contribution in [0.1, 0.15) is 37.0 Å². The fourth-order valence-corrected chi connectivity index (χ4v) is 2.52. The second-order valence-corrected chi connectivity index (χ2v) is 5.49. The fourth-order valence-electron chi connectivity index (χ4n) is 2.52. The molecule has 1 aliphatic heterocycles. The Bertz CT molecular complexity index is 516. The highest BCUT2D eigenvalue weighted by molar-refractivity contribution is 6.04. The van der Waals surface area contributed by atoms with Crippen molar-refractivity contribution in [3.8, 4) is 0 Å². The van der Waals surface area contributed by atoms with Crippen LogP contribution in [0.25, 0.3) is 0 Å². The molecule has 1 heterocycles. The lowest BCUT2D eigenvalue weighted by Gasteiger charge is -2.17. The predicted molar refractivity (Wildman–Crippen MR) is 83.3 cm³/mol.